The van der Waals surface area contributed by atoms with Crippen molar-refractivity contribution < 1.29 is 19.1 Å². The van der Waals surface area contributed by atoms with E-state index in [1.165, 1.54) is 23.3 Å². The van der Waals surface area contributed by atoms with Crippen molar-refractivity contribution in [1.29, 1.82) is 0 Å². The number of carbonyl (C=O) groups excluding carboxylic acids is 3. The Morgan fingerprint density at radius 2 is 1.78 bits per heavy atom. The second kappa shape index (κ2) is 11.4. The van der Waals surface area contributed by atoms with E-state index < -0.39 is 5.97 Å². The van der Waals surface area contributed by atoms with Gasteiger partial charge in [-0.1, -0.05) is 39.8 Å². The van der Waals surface area contributed by atoms with Crippen LogP contribution in [0.2, 0.25) is 0 Å². The van der Waals surface area contributed by atoms with Crippen LogP contribution in [0.3, 0.4) is 0 Å². The monoisotopic (exact) mass is 525 g/mol. The van der Waals surface area contributed by atoms with Crippen molar-refractivity contribution in [3.8, 4) is 0 Å². The Morgan fingerprint density at radius 3 is 2.46 bits per heavy atom. The molecule has 2 heterocycles. The molecule has 37 heavy (non-hydrogen) atoms. The van der Waals surface area contributed by atoms with Crippen LogP contribution in [0.5, 0.6) is 0 Å². The van der Waals surface area contributed by atoms with E-state index in [2.05, 4.69) is 43.2 Å². The van der Waals surface area contributed by atoms with Crippen LogP contribution in [0.25, 0.3) is 0 Å². The molecule has 2 aromatic rings. The highest BCUT2D eigenvalue weighted by Gasteiger charge is 2.34. The average Bonchev–Trinajstić information content (AvgIpc) is 3.21. The molecule has 4 rings (SSSR count). The molecular weight excluding hydrogens is 486 g/mol. The number of thiophene rings is 1. The Balaban J connectivity index is 1.61. The van der Waals surface area contributed by atoms with Crippen LogP contribution in [0.15, 0.2) is 24.3 Å². The summed E-state index contributed by atoms with van der Waals surface area (Å²) < 4.78 is 4.89. The van der Waals surface area contributed by atoms with Gasteiger partial charge in [-0.25, -0.2) is 4.79 Å². The lowest BCUT2D eigenvalue weighted by Gasteiger charge is -2.33. The number of benzene rings is 1. The van der Waals surface area contributed by atoms with Gasteiger partial charge in [0, 0.05) is 4.88 Å². The number of ether oxygens (including phenoxy) is 1. The van der Waals surface area contributed by atoms with Gasteiger partial charge in [0.25, 0.3) is 5.91 Å². The smallest absolute Gasteiger partial charge is 0.339 e. The molecule has 1 atom stereocenters. The number of methoxy groups -OCH3 is 1. The van der Waals surface area contributed by atoms with Gasteiger partial charge in [-0.3, -0.25) is 14.5 Å². The molecule has 0 bridgehead atoms. The standard InChI is InChI=1S/C29H39N3O4S/c1-18-12-14-32(15-13-18)17-24(33)31-27-25(21-11-10-19(29(2,3)4)16-23(21)37-27)26(34)30-22-9-7-6-8-20(22)28(35)36-5/h6-9,18-19H,10-17H2,1-5H3,(H,30,34)(H,31,33). The number of likely N-dealkylation sites (tertiary alicyclic amines) is 1. The molecule has 8 heteroatoms. The minimum absolute atomic E-state index is 0.0930. The van der Waals surface area contributed by atoms with Gasteiger partial charge < -0.3 is 15.4 Å². The third-order valence-corrected chi connectivity index (χ3v) is 8.96. The fourth-order valence-corrected chi connectivity index (χ4v) is 6.65. The predicted molar refractivity (Wildman–Crippen MR) is 148 cm³/mol. The van der Waals surface area contributed by atoms with Gasteiger partial charge in [-0.05, 0) is 80.1 Å². The van der Waals surface area contributed by atoms with E-state index in [1.807, 2.05) is 0 Å². The fourth-order valence-electron chi connectivity index (χ4n) is 5.31. The molecule has 1 unspecified atom stereocenters. The molecule has 1 fully saturated rings. The molecule has 1 aliphatic heterocycles. The first kappa shape index (κ1) is 27.3. The molecule has 1 saturated heterocycles. The molecular formula is C29H39N3O4S. The van der Waals surface area contributed by atoms with E-state index in [0.717, 1.165) is 50.8 Å². The van der Waals surface area contributed by atoms with E-state index >= 15 is 0 Å². The first-order valence-corrected chi connectivity index (χ1v) is 14.0. The highest BCUT2D eigenvalue weighted by Crippen LogP contribution is 2.44. The van der Waals surface area contributed by atoms with Crippen LogP contribution in [0, 0.1) is 17.3 Å². The minimum atomic E-state index is -0.513. The maximum absolute atomic E-state index is 13.7. The third kappa shape index (κ3) is 6.41. The Morgan fingerprint density at radius 1 is 1.08 bits per heavy atom. The van der Waals surface area contributed by atoms with Gasteiger partial charge in [-0.2, -0.15) is 0 Å². The first-order chi connectivity index (χ1) is 17.6. The van der Waals surface area contributed by atoms with Crippen LogP contribution in [-0.4, -0.2) is 49.4 Å². The van der Waals surface area contributed by atoms with Crippen LogP contribution in [-0.2, 0) is 22.4 Å². The number of hydrogen-bond donors (Lipinski definition) is 2. The van der Waals surface area contributed by atoms with Crippen molar-refractivity contribution in [3.05, 3.63) is 45.8 Å². The highest BCUT2D eigenvalue weighted by atomic mass is 32.1. The maximum Gasteiger partial charge on any atom is 0.339 e. The van der Waals surface area contributed by atoms with Crippen LogP contribution in [0.4, 0.5) is 10.7 Å². The van der Waals surface area contributed by atoms with E-state index in [1.54, 1.807) is 24.3 Å². The van der Waals surface area contributed by atoms with Crippen LogP contribution < -0.4 is 10.6 Å². The maximum atomic E-state index is 13.7. The number of nitrogens with one attached hydrogen (secondary N) is 2. The summed E-state index contributed by atoms with van der Waals surface area (Å²) in [5, 5.41) is 6.61. The van der Waals surface area contributed by atoms with Gasteiger partial charge in [0.15, 0.2) is 0 Å². The van der Waals surface area contributed by atoms with Crippen LogP contribution in [0.1, 0.15) is 78.1 Å². The number of piperidine rings is 1. The van der Waals surface area contributed by atoms with Gasteiger partial charge in [0.2, 0.25) is 5.91 Å². The van der Waals surface area contributed by atoms with Crippen molar-refractivity contribution in [2.75, 3.05) is 37.4 Å². The summed E-state index contributed by atoms with van der Waals surface area (Å²) in [6.45, 7) is 11.2. The number of para-hydroxylation sites is 1. The van der Waals surface area contributed by atoms with Crippen molar-refractivity contribution in [3.63, 3.8) is 0 Å². The molecule has 0 spiro atoms. The topological polar surface area (TPSA) is 87.7 Å². The number of esters is 1. The number of nitrogens with zero attached hydrogens (tertiary/aromatic N) is 1. The largest absolute Gasteiger partial charge is 0.465 e. The summed E-state index contributed by atoms with van der Waals surface area (Å²) in [6, 6.07) is 6.81. The lowest BCUT2D eigenvalue weighted by Crippen LogP contribution is -2.38. The quantitative estimate of drug-likeness (QED) is 0.479. The molecule has 7 nitrogen and oxygen atoms in total. The number of carbonyl (C=O) groups is 3. The number of hydrogen-bond acceptors (Lipinski definition) is 6. The van der Waals surface area contributed by atoms with Crippen molar-refractivity contribution in [2.24, 2.45) is 17.3 Å². The zero-order valence-electron chi connectivity index (χ0n) is 22.6. The SMILES string of the molecule is COC(=O)c1ccccc1NC(=O)c1c(NC(=O)CN2CCC(C)CC2)sc2c1CCC(C(C)(C)C)C2. The normalized spacial score (nSPS) is 18.7. The van der Waals surface area contributed by atoms with Crippen molar-refractivity contribution in [2.45, 2.75) is 59.8 Å². The van der Waals surface area contributed by atoms with E-state index in [9.17, 15) is 14.4 Å². The molecule has 2 amide bonds. The molecule has 1 aliphatic carbocycles. The minimum Gasteiger partial charge on any atom is -0.465 e. The summed E-state index contributed by atoms with van der Waals surface area (Å²) in [6.07, 6.45) is 4.87. The van der Waals surface area contributed by atoms with Gasteiger partial charge >= 0.3 is 5.97 Å². The number of anilines is 2. The number of amides is 2. The lowest BCUT2D eigenvalue weighted by molar-refractivity contribution is -0.117. The summed E-state index contributed by atoms with van der Waals surface area (Å²) in [5.41, 5.74) is 2.38. The van der Waals surface area contributed by atoms with Crippen LogP contribution >= 0.6 is 11.3 Å². The number of rotatable bonds is 6. The van der Waals surface area contributed by atoms with E-state index in [0.29, 0.717) is 40.2 Å². The zero-order chi connectivity index (χ0) is 26.7. The first-order valence-electron chi connectivity index (χ1n) is 13.2. The summed E-state index contributed by atoms with van der Waals surface area (Å²) in [7, 11) is 1.32. The Bertz CT molecular complexity index is 1160. The molecule has 2 aliphatic rings. The summed E-state index contributed by atoms with van der Waals surface area (Å²) >= 11 is 1.52. The summed E-state index contributed by atoms with van der Waals surface area (Å²) in [4.78, 5) is 42.4. The van der Waals surface area contributed by atoms with E-state index in [4.69, 9.17) is 4.74 Å². The highest BCUT2D eigenvalue weighted by molar-refractivity contribution is 7.17. The van der Waals surface area contributed by atoms with E-state index in [-0.39, 0.29) is 17.2 Å². The van der Waals surface area contributed by atoms with Crippen molar-refractivity contribution >= 4 is 39.8 Å². The average molecular weight is 526 g/mol. The molecule has 200 valence electrons. The third-order valence-electron chi connectivity index (χ3n) is 7.79. The zero-order valence-corrected chi connectivity index (χ0v) is 23.4. The second-order valence-corrected chi connectivity index (χ2v) is 12.6. The Labute approximate surface area is 224 Å². The van der Waals surface area contributed by atoms with Gasteiger partial charge in [-0.15, -0.1) is 11.3 Å². The lowest BCUT2D eigenvalue weighted by atomic mass is 9.72. The fraction of sp³-hybridized carbons (Fsp3) is 0.552. The Kier molecular flexibility index (Phi) is 8.39. The Hall–Kier alpha value is -2.71. The second-order valence-electron chi connectivity index (χ2n) is 11.5. The predicted octanol–water partition coefficient (Wildman–Crippen LogP) is 5.61. The molecule has 0 saturated carbocycles. The molecule has 2 N–H and O–H groups in total. The number of fused-ring (bicyclic) bond motifs is 1. The summed E-state index contributed by atoms with van der Waals surface area (Å²) in [5.74, 6) is 0.283. The molecule has 1 aromatic carbocycles. The van der Waals surface area contributed by atoms with Crippen molar-refractivity contribution in [1.82, 2.24) is 4.90 Å². The molecule has 1 aromatic heterocycles. The van der Waals surface area contributed by atoms with Gasteiger partial charge in [0.1, 0.15) is 5.00 Å². The van der Waals surface area contributed by atoms with Gasteiger partial charge in [0.05, 0.1) is 30.5 Å². The molecule has 0 radical (unpaired) electrons.